The van der Waals surface area contributed by atoms with E-state index in [1.165, 1.54) is 11.1 Å². The van der Waals surface area contributed by atoms with Gasteiger partial charge in [0.05, 0.1) is 5.69 Å². The minimum Gasteiger partial charge on any atom is -0.307 e. The zero-order chi connectivity index (χ0) is 13.7. The van der Waals surface area contributed by atoms with Crippen molar-refractivity contribution in [1.29, 1.82) is 0 Å². The molecule has 0 aliphatic heterocycles. The predicted molar refractivity (Wildman–Crippen MR) is 79.0 cm³/mol. The van der Waals surface area contributed by atoms with Crippen LogP contribution in [0, 0.1) is 6.92 Å². The summed E-state index contributed by atoms with van der Waals surface area (Å²) in [5.74, 6) is 0. The van der Waals surface area contributed by atoms with Gasteiger partial charge in [0, 0.05) is 25.3 Å². The highest BCUT2D eigenvalue weighted by Gasteiger charge is 2.04. The molecule has 1 atom stereocenters. The lowest BCUT2D eigenvalue weighted by atomic mass is 10.1. The first-order valence-corrected chi connectivity index (χ1v) is 6.99. The van der Waals surface area contributed by atoms with Gasteiger partial charge >= 0.3 is 0 Å². The van der Waals surface area contributed by atoms with Crippen molar-refractivity contribution in [3.63, 3.8) is 0 Å². The highest BCUT2D eigenvalue weighted by molar-refractivity contribution is 5.22. The maximum Gasteiger partial charge on any atom is 0.0762 e. The zero-order valence-electron chi connectivity index (χ0n) is 12.1. The molecular weight excluding hydrogens is 234 g/mol. The Morgan fingerprint density at radius 1 is 1.26 bits per heavy atom. The van der Waals surface area contributed by atoms with Crippen molar-refractivity contribution in [3.05, 3.63) is 53.3 Å². The third-order valence-electron chi connectivity index (χ3n) is 3.42. The lowest BCUT2D eigenvalue weighted by molar-refractivity contribution is 0.471. The van der Waals surface area contributed by atoms with Gasteiger partial charge in [0.1, 0.15) is 0 Å². The standard InChI is InChI=1S/C16H23N3/c1-4-14(3)19-9-8-16(18-19)12-17-11-15-7-5-6-13(2)10-15/h5-10,14,17H,4,11-12H2,1-3H3. The first-order chi connectivity index (χ1) is 9.19. The van der Waals surface area contributed by atoms with E-state index in [-0.39, 0.29) is 0 Å². The molecule has 1 aromatic carbocycles. The molecule has 0 fully saturated rings. The van der Waals surface area contributed by atoms with Crippen LogP contribution < -0.4 is 5.32 Å². The maximum absolute atomic E-state index is 4.58. The molecule has 0 spiro atoms. The van der Waals surface area contributed by atoms with Crippen LogP contribution in [0.5, 0.6) is 0 Å². The van der Waals surface area contributed by atoms with Crippen LogP contribution in [-0.4, -0.2) is 9.78 Å². The van der Waals surface area contributed by atoms with Crippen LogP contribution >= 0.6 is 0 Å². The van der Waals surface area contributed by atoms with Gasteiger partial charge in [-0.15, -0.1) is 0 Å². The van der Waals surface area contributed by atoms with Crippen molar-refractivity contribution in [3.8, 4) is 0 Å². The molecule has 1 heterocycles. The van der Waals surface area contributed by atoms with E-state index in [4.69, 9.17) is 0 Å². The van der Waals surface area contributed by atoms with Crippen molar-refractivity contribution in [2.45, 2.75) is 46.3 Å². The summed E-state index contributed by atoms with van der Waals surface area (Å²) in [6, 6.07) is 11.2. The van der Waals surface area contributed by atoms with Gasteiger partial charge in [0.15, 0.2) is 0 Å². The third kappa shape index (κ3) is 3.93. The van der Waals surface area contributed by atoms with Crippen LogP contribution in [0.25, 0.3) is 0 Å². The van der Waals surface area contributed by atoms with Gasteiger partial charge in [-0.2, -0.15) is 5.10 Å². The van der Waals surface area contributed by atoms with Crippen molar-refractivity contribution in [2.24, 2.45) is 0 Å². The summed E-state index contributed by atoms with van der Waals surface area (Å²) >= 11 is 0. The van der Waals surface area contributed by atoms with E-state index in [9.17, 15) is 0 Å². The Morgan fingerprint density at radius 3 is 2.84 bits per heavy atom. The lowest BCUT2D eigenvalue weighted by Crippen LogP contribution is -2.14. The summed E-state index contributed by atoms with van der Waals surface area (Å²) in [7, 11) is 0. The van der Waals surface area contributed by atoms with Gasteiger partial charge in [-0.1, -0.05) is 36.8 Å². The summed E-state index contributed by atoms with van der Waals surface area (Å²) in [5.41, 5.74) is 3.73. The molecule has 19 heavy (non-hydrogen) atoms. The second kappa shape index (κ2) is 6.53. The fraction of sp³-hybridized carbons (Fsp3) is 0.438. The normalized spacial score (nSPS) is 12.6. The maximum atomic E-state index is 4.58. The Morgan fingerprint density at radius 2 is 2.11 bits per heavy atom. The Balaban J connectivity index is 1.84. The van der Waals surface area contributed by atoms with Crippen molar-refractivity contribution >= 4 is 0 Å². The van der Waals surface area contributed by atoms with Gasteiger partial charge in [-0.05, 0) is 31.9 Å². The summed E-state index contributed by atoms with van der Waals surface area (Å²) in [4.78, 5) is 0. The topological polar surface area (TPSA) is 29.9 Å². The number of rotatable bonds is 6. The summed E-state index contributed by atoms with van der Waals surface area (Å²) in [6.45, 7) is 8.20. The Bertz CT molecular complexity index is 516. The molecular formula is C16H23N3. The van der Waals surface area contributed by atoms with E-state index < -0.39 is 0 Å². The van der Waals surface area contributed by atoms with E-state index in [1.54, 1.807) is 0 Å². The monoisotopic (exact) mass is 257 g/mol. The lowest BCUT2D eigenvalue weighted by Gasteiger charge is -2.08. The highest BCUT2D eigenvalue weighted by Crippen LogP contribution is 2.09. The summed E-state index contributed by atoms with van der Waals surface area (Å²) in [5, 5.41) is 8.02. The van der Waals surface area contributed by atoms with Gasteiger partial charge < -0.3 is 5.32 Å². The van der Waals surface area contributed by atoms with E-state index in [2.05, 4.69) is 67.7 Å². The van der Waals surface area contributed by atoms with Gasteiger partial charge in [-0.3, -0.25) is 4.68 Å². The van der Waals surface area contributed by atoms with Gasteiger partial charge in [0.25, 0.3) is 0 Å². The van der Waals surface area contributed by atoms with Crippen LogP contribution in [0.4, 0.5) is 0 Å². The minimum atomic E-state index is 0.477. The molecule has 0 aliphatic rings. The molecule has 0 saturated carbocycles. The number of nitrogens with zero attached hydrogens (tertiary/aromatic N) is 2. The molecule has 2 aromatic rings. The van der Waals surface area contributed by atoms with Crippen LogP contribution in [-0.2, 0) is 13.1 Å². The fourth-order valence-corrected chi connectivity index (χ4v) is 2.06. The van der Waals surface area contributed by atoms with E-state index in [1.807, 2.05) is 4.68 Å². The first-order valence-electron chi connectivity index (χ1n) is 6.99. The predicted octanol–water partition coefficient (Wildman–Crippen LogP) is 3.45. The zero-order valence-corrected chi connectivity index (χ0v) is 12.1. The van der Waals surface area contributed by atoms with E-state index in [0.29, 0.717) is 6.04 Å². The fourth-order valence-electron chi connectivity index (χ4n) is 2.06. The van der Waals surface area contributed by atoms with E-state index >= 15 is 0 Å². The average Bonchev–Trinajstić information content (AvgIpc) is 2.87. The Kier molecular flexibility index (Phi) is 4.74. The molecule has 0 aliphatic carbocycles. The molecule has 1 aromatic heterocycles. The Labute approximate surface area is 115 Å². The SMILES string of the molecule is CCC(C)n1ccc(CNCc2cccc(C)c2)n1. The quantitative estimate of drug-likeness (QED) is 0.859. The largest absolute Gasteiger partial charge is 0.307 e. The second-order valence-corrected chi connectivity index (χ2v) is 5.14. The Hall–Kier alpha value is -1.61. The van der Waals surface area contributed by atoms with Crippen LogP contribution in [0.1, 0.15) is 43.1 Å². The van der Waals surface area contributed by atoms with Crippen LogP contribution in [0.3, 0.4) is 0 Å². The molecule has 102 valence electrons. The summed E-state index contributed by atoms with van der Waals surface area (Å²) < 4.78 is 2.05. The molecule has 0 saturated heterocycles. The third-order valence-corrected chi connectivity index (χ3v) is 3.42. The van der Waals surface area contributed by atoms with Crippen molar-refractivity contribution < 1.29 is 0 Å². The molecule has 3 nitrogen and oxygen atoms in total. The number of nitrogens with one attached hydrogen (secondary N) is 1. The molecule has 0 radical (unpaired) electrons. The average molecular weight is 257 g/mol. The molecule has 0 bridgehead atoms. The number of hydrogen-bond donors (Lipinski definition) is 1. The molecule has 2 rings (SSSR count). The van der Waals surface area contributed by atoms with Crippen molar-refractivity contribution in [2.75, 3.05) is 0 Å². The van der Waals surface area contributed by atoms with E-state index in [0.717, 1.165) is 25.2 Å². The molecule has 1 N–H and O–H groups in total. The molecule has 3 heteroatoms. The van der Waals surface area contributed by atoms with Gasteiger partial charge in [-0.25, -0.2) is 0 Å². The highest BCUT2D eigenvalue weighted by atomic mass is 15.3. The summed E-state index contributed by atoms with van der Waals surface area (Å²) in [6.07, 6.45) is 3.18. The number of benzene rings is 1. The van der Waals surface area contributed by atoms with Crippen LogP contribution in [0.2, 0.25) is 0 Å². The van der Waals surface area contributed by atoms with Gasteiger partial charge in [0.2, 0.25) is 0 Å². The smallest absolute Gasteiger partial charge is 0.0762 e. The first kappa shape index (κ1) is 13.8. The number of hydrogen-bond acceptors (Lipinski definition) is 2. The second-order valence-electron chi connectivity index (χ2n) is 5.14. The number of aromatic nitrogens is 2. The van der Waals surface area contributed by atoms with Crippen LogP contribution in [0.15, 0.2) is 36.5 Å². The molecule has 0 amide bonds. The molecule has 1 unspecified atom stereocenters. The van der Waals surface area contributed by atoms with Crippen molar-refractivity contribution in [1.82, 2.24) is 15.1 Å². The minimum absolute atomic E-state index is 0.477. The number of aryl methyl sites for hydroxylation is 1.